The Morgan fingerprint density at radius 2 is 2.22 bits per heavy atom. The van der Waals surface area contributed by atoms with Gasteiger partial charge in [0.1, 0.15) is 5.78 Å². The maximum absolute atomic E-state index is 11.2. The van der Waals surface area contributed by atoms with Crippen LogP contribution >= 0.6 is 0 Å². The number of ketones is 1. The maximum Gasteiger partial charge on any atom is 0.136 e. The molecule has 1 fully saturated rings. The molecule has 3 heteroatoms. The van der Waals surface area contributed by atoms with E-state index in [0.29, 0.717) is 12.8 Å². The van der Waals surface area contributed by atoms with Crippen molar-refractivity contribution in [2.75, 3.05) is 18.0 Å². The molecule has 0 radical (unpaired) electrons. The summed E-state index contributed by atoms with van der Waals surface area (Å²) >= 11 is 0. The molecule has 0 saturated heterocycles. The smallest absolute Gasteiger partial charge is 0.136 e. The lowest BCUT2D eigenvalue weighted by atomic mass is 9.64. The van der Waals surface area contributed by atoms with Crippen LogP contribution < -0.4 is 4.90 Å². The number of nitrogens with zero attached hydrogens (tertiary/aromatic N) is 2. The molecule has 92 valence electrons. The average Bonchev–Trinajstić information content (AvgIpc) is 2.76. The Labute approximate surface area is 107 Å². The number of likely N-dealkylation sites (N-methyl/N-ethyl adjacent to an activating group) is 1. The Morgan fingerprint density at radius 3 is 2.83 bits per heavy atom. The summed E-state index contributed by atoms with van der Waals surface area (Å²) in [6, 6.07) is 8.63. The van der Waals surface area contributed by atoms with E-state index in [2.05, 4.69) is 30.0 Å². The summed E-state index contributed by atoms with van der Waals surface area (Å²) in [5.41, 5.74) is 3.11. The van der Waals surface area contributed by atoms with Crippen molar-refractivity contribution in [2.24, 2.45) is 0 Å². The Hall–Kier alpha value is -1.82. The Balaban J connectivity index is 1.97. The fourth-order valence-corrected chi connectivity index (χ4v) is 3.07. The van der Waals surface area contributed by atoms with E-state index >= 15 is 0 Å². The second-order valence-corrected chi connectivity index (χ2v) is 5.26. The van der Waals surface area contributed by atoms with Gasteiger partial charge in [0.2, 0.25) is 0 Å². The van der Waals surface area contributed by atoms with Gasteiger partial charge in [-0.3, -0.25) is 4.79 Å². The van der Waals surface area contributed by atoms with Crippen LogP contribution in [0.4, 0.5) is 5.69 Å². The number of carbonyl (C=O) groups is 1. The number of Topliss-reactive ketones (excluding diaryl/α,β-unsaturated/α-hetero) is 1. The Bertz CT molecular complexity index is 548. The summed E-state index contributed by atoms with van der Waals surface area (Å²) in [5.74, 6) is 0.201. The predicted octanol–water partition coefficient (Wildman–Crippen LogP) is 2.19. The number of hydrogen-bond acceptors (Lipinski definition) is 3. The van der Waals surface area contributed by atoms with Gasteiger partial charge in [0, 0.05) is 31.6 Å². The van der Waals surface area contributed by atoms with Crippen molar-refractivity contribution in [3.05, 3.63) is 29.3 Å². The van der Waals surface area contributed by atoms with Crippen LogP contribution in [0.15, 0.2) is 18.2 Å². The van der Waals surface area contributed by atoms with Crippen molar-refractivity contribution in [1.29, 1.82) is 5.26 Å². The largest absolute Gasteiger partial charge is 0.371 e. The van der Waals surface area contributed by atoms with Crippen molar-refractivity contribution >= 4 is 11.5 Å². The van der Waals surface area contributed by atoms with Gasteiger partial charge < -0.3 is 4.90 Å². The molecule has 0 aromatic heterocycles. The van der Waals surface area contributed by atoms with Crippen LogP contribution in [-0.2, 0) is 16.6 Å². The van der Waals surface area contributed by atoms with Crippen molar-refractivity contribution < 1.29 is 4.79 Å². The lowest BCUT2D eigenvalue weighted by molar-refractivity contribution is -0.126. The first-order chi connectivity index (χ1) is 8.68. The molecule has 1 aliphatic heterocycles. The molecule has 1 aromatic carbocycles. The highest BCUT2D eigenvalue weighted by Crippen LogP contribution is 2.42. The Morgan fingerprint density at radius 1 is 1.44 bits per heavy atom. The van der Waals surface area contributed by atoms with E-state index in [-0.39, 0.29) is 5.78 Å². The molecule has 3 rings (SSSR count). The third-order valence-electron chi connectivity index (χ3n) is 4.22. The maximum atomic E-state index is 11.2. The van der Waals surface area contributed by atoms with Crippen LogP contribution in [-0.4, -0.2) is 18.9 Å². The number of carbonyl (C=O) groups excluding carboxylic acids is 1. The quantitative estimate of drug-likeness (QED) is 0.796. The highest BCUT2D eigenvalue weighted by molar-refractivity contribution is 5.90. The van der Waals surface area contributed by atoms with E-state index in [1.807, 2.05) is 6.07 Å². The summed E-state index contributed by atoms with van der Waals surface area (Å²) in [4.78, 5) is 13.6. The summed E-state index contributed by atoms with van der Waals surface area (Å²) in [5, 5.41) is 9.34. The van der Waals surface area contributed by atoms with Gasteiger partial charge in [-0.2, -0.15) is 5.26 Å². The van der Waals surface area contributed by atoms with Crippen LogP contribution in [0.1, 0.15) is 30.9 Å². The SMILES string of the molecule is CCN1CCc2cc(C3(C#N)CC(=O)C3)ccc21. The van der Waals surface area contributed by atoms with Gasteiger partial charge in [-0.05, 0) is 30.5 Å². The van der Waals surface area contributed by atoms with Gasteiger partial charge in [-0.1, -0.05) is 12.1 Å². The fraction of sp³-hybridized carbons (Fsp3) is 0.467. The van der Waals surface area contributed by atoms with Crippen LogP contribution in [0.5, 0.6) is 0 Å². The lowest BCUT2D eigenvalue weighted by Gasteiger charge is -2.34. The molecule has 0 unspecified atom stereocenters. The van der Waals surface area contributed by atoms with Crippen molar-refractivity contribution in [1.82, 2.24) is 0 Å². The molecule has 0 amide bonds. The number of hydrogen-bond donors (Lipinski definition) is 0. The summed E-state index contributed by atoms with van der Waals surface area (Å²) in [7, 11) is 0. The first-order valence-corrected chi connectivity index (χ1v) is 6.50. The van der Waals surface area contributed by atoms with Crippen molar-refractivity contribution in [3.8, 4) is 6.07 Å². The lowest BCUT2D eigenvalue weighted by Crippen LogP contribution is -2.40. The summed E-state index contributed by atoms with van der Waals surface area (Å²) in [6.45, 7) is 4.24. The standard InChI is InChI=1S/C15H16N2O/c1-2-17-6-5-11-7-12(3-4-14(11)17)15(10-16)8-13(18)9-15/h3-4,7H,2,5-6,8-9H2,1H3. The fourth-order valence-electron chi connectivity index (χ4n) is 3.07. The molecule has 1 saturated carbocycles. The molecule has 18 heavy (non-hydrogen) atoms. The third-order valence-corrected chi connectivity index (χ3v) is 4.22. The summed E-state index contributed by atoms with van der Waals surface area (Å²) < 4.78 is 0. The molecule has 0 bridgehead atoms. The van der Waals surface area contributed by atoms with E-state index in [0.717, 1.165) is 25.1 Å². The molecule has 1 aromatic rings. The second-order valence-electron chi connectivity index (χ2n) is 5.26. The normalized spacial score (nSPS) is 20.2. The number of anilines is 1. The van der Waals surface area contributed by atoms with E-state index in [9.17, 15) is 10.1 Å². The summed E-state index contributed by atoms with van der Waals surface area (Å²) in [6.07, 6.45) is 1.83. The number of benzene rings is 1. The second kappa shape index (κ2) is 3.84. The van der Waals surface area contributed by atoms with Gasteiger partial charge in [0.15, 0.2) is 0 Å². The molecular weight excluding hydrogens is 224 g/mol. The van der Waals surface area contributed by atoms with E-state index in [4.69, 9.17) is 0 Å². The first-order valence-electron chi connectivity index (χ1n) is 6.50. The van der Waals surface area contributed by atoms with Gasteiger partial charge >= 0.3 is 0 Å². The predicted molar refractivity (Wildman–Crippen MR) is 69.6 cm³/mol. The highest BCUT2D eigenvalue weighted by Gasteiger charge is 2.45. The Kier molecular flexibility index (Phi) is 2.41. The monoisotopic (exact) mass is 240 g/mol. The van der Waals surface area contributed by atoms with E-state index in [1.165, 1.54) is 11.3 Å². The van der Waals surface area contributed by atoms with Crippen molar-refractivity contribution in [3.63, 3.8) is 0 Å². The number of nitriles is 1. The van der Waals surface area contributed by atoms with E-state index < -0.39 is 5.41 Å². The topological polar surface area (TPSA) is 44.1 Å². The minimum absolute atomic E-state index is 0.201. The zero-order chi connectivity index (χ0) is 12.8. The number of rotatable bonds is 2. The highest BCUT2D eigenvalue weighted by atomic mass is 16.1. The molecular formula is C15H16N2O. The minimum atomic E-state index is -0.536. The minimum Gasteiger partial charge on any atom is -0.371 e. The van der Waals surface area contributed by atoms with Crippen LogP contribution in [0.3, 0.4) is 0 Å². The molecule has 1 aliphatic carbocycles. The molecule has 0 N–H and O–H groups in total. The van der Waals surface area contributed by atoms with Crippen molar-refractivity contribution in [2.45, 2.75) is 31.6 Å². The molecule has 3 nitrogen and oxygen atoms in total. The van der Waals surface area contributed by atoms with Crippen LogP contribution in [0.2, 0.25) is 0 Å². The molecule has 0 spiro atoms. The van der Waals surface area contributed by atoms with Gasteiger partial charge in [-0.15, -0.1) is 0 Å². The first kappa shape index (κ1) is 11.3. The third kappa shape index (κ3) is 1.45. The van der Waals surface area contributed by atoms with Crippen LogP contribution in [0, 0.1) is 11.3 Å². The van der Waals surface area contributed by atoms with Gasteiger partial charge in [-0.25, -0.2) is 0 Å². The zero-order valence-corrected chi connectivity index (χ0v) is 10.6. The van der Waals surface area contributed by atoms with Crippen LogP contribution in [0.25, 0.3) is 0 Å². The van der Waals surface area contributed by atoms with Gasteiger partial charge in [0.05, 0.1) is 11.5 Å². The number of fused-ring (bicyclic) bond motifs is 1. The van der Waals surface area contributed by atoms with Gasteiger partial charge in [0.25, 0.3) is 0 Å². The van der Waals surface area contributed by atoms with E-state index in [1.54, 1.807) is 0 Å². The average molecular weight is 240 g/mol. The molecule has 0 atom stereocenters. The molecule has 2 aliphatic rings. The molecule has 1 heterocycles. The zero-order valence-electron chi connectivity index (χ0n) is 10.6.